The SMILES string of the molecule is O=C(Nc1c(F)cccc1F)c1cccc(S(=O)(=O)Nc2ccccc2)c1. The van der Waals surface area contributed by atoms with E-state index in [1.54, 1.807) is 30.3 Å². The van der Waals surface area contributed by atoms with Gasteiger partial charge in [-0.1, -0.05) is 30.3 Å². The van der Waals surface area contributed by atoms with Crippen LogP contribution in [0.25, 0.3) is 0 Å². The van der Waals surface area contributed by atoms with Crippen LogP contribution in [0.1, 0.15) is 10.4 Å². The molecule has 1 amide bonds. The van der Waals surface area contributed by atoms with Crippen molar-refractivity contribution >= 4 is 27.3 Å². The zero-order chi connectivity index (χ0) is 19.4. The molecule has 0 aliphatic heterocycles. The molecule has 0 saturated heterocycles. The molecular weight excluding hydrogens is 374 g/mol. The highest BCUT2D eigenvalue weighted by Crippen LogP contribution is 2.21. The molecule has 138 valence electrons. The van der Waals surface area contributed by atoms with Crippen LogP contribution in [0.3, 0.4) is 0 Å². The third kappa shape index (κ3) is 4.29. The normalized spacial score (nSPS) is 11.0. The first kappa shape index (κ1) is 18.5. The van der Waals surface area contributed by atoms with E-state index in [2.05, 4.69) is 10.0 Å². The van der Waals surface area contributed by atoms with Crippen LogP contribution in [-0.4, -0.2) is 14.3 Å². The Bertz CT molecular complexity index is 1070. The fraction of sp³-hybridized carbons (Fsp3) is 0. The lowest BCUT2D eigenvalue weighted by molar-refractivity contribution is 0.102. The number of carbonyl (C=O) groups is 1. The molecule has 3 aromatic carbocycles. The summed E-state index contributed by atoms with van der Waals surface area (Å²) in [6, 6.07) is 16.6. The Morgan fingerprint density at radius 2 is 1.44 bits per heavy atom. The summed E-state index contributed by atoms with van der Waals surface area (Å²) in [5, 5.41) is 2.12. The lowest BCUT2D eigenvalue weighted by Crippen LogP contribution is -2.17. The standard InChI is InChI=1S/C19H14F2N2O3S/c20-16-10-5-11-17(21)18(16)22-19(24)13-6-4-9-15(12-13)27(25,26)23-14-7-2-1-3-8-14/h1-12,23H,(H,22,24). The van der Waals surface area contributed by atoms with Gasteiger partial charge in [-0.15, -0.1) is 0 Å². The topological polar surface area (TPSA) is 75.3 Å². The smallest absolute Gasteiger partial charge is 0.261 e. The summed E-state index contributed by atoms with van der Waals surface area (Å²) in [4.78, 5) is 12.1. The Labute approximate surface area is 154 Å². The van der Waals surface area contributed by atoms with E-state index in [-0.39, 0.29) is 10.5 Å². The van der Waals surface area contributed by atoms with Gasteiger partial charge in [-0.3, -0.25) is 9.52 Å². The molecule has 0 fully saturated rings. The average Bonchev–Trinajstić information content (AvgIpc) is 2.65. The van der Waals surface area contributed by atoms with Crippen molar-refractivity contribution in [2.24, 2.45) is 0 Å². The Hall–Kier alpha value is -3.26. The van der Waals surface area contributed by atoms with E-state index in [4.69, 9.17) is 0 Å². The predicted octanol–water partition coefficient (Wildman–Crippen LogP) is 4.02. The molecule has 0 aliphatic carbocycles. The molecule has 0 radical (unpaired) electrons. The monoisotopic (exact) mass is 388 g/mol. The van der Waals surface area contributed by atoms with Crippen LogP contribution in [0.4, 0.5) is 20.2 Å². The Balaban J connectivity index is 1.86. The number of anilines is 2. The second kappa shape index (κ2) is 7.55. The van der Waals surface area contributed by atoms with Gasteiger partial charge in [-0.05, 0) is 42.5 Å². The number of benzene rings is 3. The molecule has 0 aliphatic rings. The molecule has 0 aromatic heterocycles. The molecule has 0 spiro atoms. The van der Waals surface area contributed by atoms with Crippen LogP contribution in [0.15, 0.2) is 77.7 Å². The van der Waals surface area contributed by atoms with Gasteiger partial charge >= 0.3 is 0 Å². The molecule has 3 aromatic rings. The quantitative estimate of drug-likeness (QED) is 0.693. The zero-order valence-electron chi connectivity index (χ0n) is 13.8. The van der Waals surface area contributed by atoms with Gasteiger partial charge in [-0.2, -0.15) is 0 Å². The first-order valence-corrected chi connectivity index (χ1v) is 9.28. The van der Waals surface area contributed by atoms with Crippen molar-refractivity contribution in [2.75, 3.05) is 10.0 Å². The summed E-state index contributed by atoms with van der Waals surface area (Å²) < 4.78 is 54.7. The van der Waals surface area contributed by atoms with Gasteiger partial charge in [0.25, 0.3) is 15.9 Å². The number of nitrogens with one attached hydrogen (secondary N) is 2. The summed E-state index contributed by atoms with van der Waals surface area (Å²) in [7, 11) is -3.94. The first-order valence-electron chi connectivity index (χ1n) is 7.80. The minimum absolute atomic E-state index is 0.0615. The molecular formula is C19H14F2N2O3S. The number of hydrogen-bond acceptors (Lipinski definition) is 3. The molecule has 0 bridgehead atoms. The van der Waals surface area contributed by atoms with E-state index < -0.39 is 33.3 Å². The van der Waals surface area contributed by atoms with Gasteiger partial charge in [0, 0.05) is 11.3 Å². The van der Waals surface area contributed by atoms with Crippen molar-refractivity contribution in [1.82, 2.24) is 0 Å². The molecule has 0 atom stereocenters. The first-order chi connectivity index (χ1) is 12.9. The van der Waals surface area contributed by atoms with Crippen molar-refractivity contribution in [3.63, 3.8) is 0 Å². The molecule has 8 heteroatoms. The van der Waals surface area contributed by atoms with E-state index in [1.807, 2.05) is 0 Å². The van der Waals surface area contributed by atoms with E-state index in [0.717, 1.165) is 18.2 Å². The number of para-hydroxylation sites is 2. The van der Waals surface area contributed by atoms with Crippen LogP contribution < -0.4 is 10.0 Å². The predicted molar refractivity (Wildman–Crippen MR) is 98.0 cm³/mol. The lowest BCUT2D eigenvalue weighted by atomic mass is 10.2. The van der Waals surface area contributed by atoms with E-state index in [0.29, 0.717) is 5.69 Å². The second-order valence-electron chi connectivity index (χ2n) is 5.55. The van der Waals surface area contributed by atoms with Crippen LogP contribution in [0.2, 0.25) is 0 Å². The third-order valence-electron chi connectivity index (χ3n) is 3.63. The molecule has 5 nitrogen and oxygen atoms in total. The highest BCUT2D eigenvalue weighted by atomic mass is 32.2. The number of amides is 1. The lowest BCUT2D eigenvalue weighted by Gasteiger charge is -2.10. The van der Waals surface area contributed by atoms with Crippen molar-refractivity contribution in [2.45, 2.75) is 4.90 Å². The van der Waals surface area contributed by atoms with Gasteiger partial charge in [-0.25, -0.2) is 17.2 Å². The molecule has 0 heterocycles. The molecule has 27 heavy (non-hydrogen) atoms. The minimum atomic E-state index is -3.94. The Morgan fingerprint density at radius 3 is 2.11 bits per heavy atom. The Kier molecular flexibility index (Phi) is 5.18. The second-order valence-corrected chi connectivity index (χ2v) is 7.23. The van der Waals surface area contributed by atoms with Crippen molar-refractivity contribution in [1.29, 1.82) is 0 Å². The maximum Gasteiger partial charge on any atom is 0.261 e. The summed E-state index contributed by atoms with van der Waals surface area (Å²) >= 11 is 0. The summed E-state index contributed by atoms with van der Waals surface area (Å²) in [5.74, 6) is -2.70. The summed E-state index contributed by atoms with van der Waals surface area (Å²) in [6.45, 7) is 0. The van der Waals surface area contributed by atoms with Gasteiger partial charge in [0.2, 0.25) is 0 Å². The largest absolute Gasteiger partial charge is 0.317 e. The van der Waals surface area contributed by atoms with E-state index in [1.165, 1.54) is 24.3 Å². The summed E-state index contributed by atoms with van der Waals surface area (Å²) in [5.41, 5.74) is -0.299. The molecule has 3 rings (SSSR count). The summed E-state index contributed by atoms with van der Waals surface area (Å²) in [6.07, 6.45) is 0. The van der Waals surface area contributed by atoms with Crippen molar-refractivity contribution in [3.8, 4) is 0 Å². The van der Waals surface area contributed by atoms with E-state index in [9.17, 15) is 22.0 Å². The van der Waals surface area contributed by atoms with Crippen LogP contribution in [-0.2, 0) is 10.0 Å². The maximum atomic E-state index is 13.7. The van der Waals surface area contributed by atoms with Crippen molar-refractivity contribution < 1.29 is 22.0 Å². The molecule has 0 unspecified atom stereocenters. The third-order valence-corrected chi connectivity index (χ3v) is 5.01. The number of hydrogen-bond donors (Lipinski definition) is 2. The number of halogens is 2. The maximum absolute atomic E-state index is 13.7. The zero-order valence-corrected chi connectivity index (χ0v) is 14.6. The fourth-order valence-corrected chi connectivity index (χ4v) is 3.43. The van der Waals surface area contributed by atoms with E-state index >= 15 is 0 Å². The van der Waals surface area contributed by atoms with Crippen LogP contribution >= 0.6 is 0 Å². The molecule has 0 saturated carbocycles. The fourth-order valence-electron chi connectivity index (χ4n) is 2.33. The number of sulfonamides is 1. The van der Waals surface area contributed by atoms with Crippen molar-refractivity contribution in [3.05, 3.63) is 90.0 Å². The number of carbonyl (C=O) groups excluding carboxylic acids is 1. The van der Waals surface area contributed by atoms with Gasteiger partial charge in [0.15, 0.2) is 0 Å². The van der Waals surface area contributed by atoms with Gasteiger partial charge in [0.05, 0.1) is 4.90 Å². The highest BCUT2D eigenvalue weighted by Gasteiger charge is 2.18. The minimum Gasteiger partial charge on any atom is -0.317 e. The highest BCUT2D eigenvalue weighted by molar-refractivity contribution is 7.92. The molecule has 2 N–H and O–H groups in total. The van der Waals surface area contributed by atoms with Gasteiger partial charge < -0.3 is 5.32 Å². The van der Waals surface area contributed by atoms with Gasteiger partial charge in [0.1, 0.15) is 17.3 Å². The Morgan fingerprint density at radius 1 is 0.815 bits per heavy atom. The van der Waals surface area contributed by atoms with Crippen LogP contribution in [0.5, 0.6) is 0 Å². The number of rotatable bonds is 5. The van der Waals surface area contributed by atoms with Crippen LogP contribution in [0, 0.1) is 11.6 Å². The average molecular weight is 388 g/mol.